The Hall–Kier alpha value is -3.54. The Kier molecular flexibility index (Phi) is 4.38. The van der Waals surface area contributed by atoms with Gasteiger partial charge in [0.2, 0.25) is 12.7 Å². The fourth-order valence-corrected chi connectivity index (χ4v) is 2.47. The number of esters is 1. The van der Waals surface area contributed by atoms with Gasteiger partial charge < -0.3 is 18.6 Å². The molecule has 6 nitrogen and oxygen atoms in total. The molecule has 0 atom stereocenters. The molecular formula is C20H15NO5. The minimum absolute atomic E-state index is 0.0306. The van der Waals surface area contributed by atoms with Crippen LogP contribution in [0.25, 0.3) is 17.4 Å². The third-order valence-electron chi connectivity index (χ3n) is 3.76. The molecule has 0 N–H and O–H groups in total. The first-order valence-corrected chi connectivity index (χ1v) is 8.02. The molecule has 3 aromatic rings. The maximum absolute atomic E-state index is 11.9. The van der Waals surface area contributed by atoms with Crippen LogP contribution >= 0.6 is 0 Å². The molecule has 4 rings (SSSR count). The summed E-state index contributed by atoms with van der Waals surface area (Å²) in [5.41, 5.74) is 1.73. The van der Waals surface area contributed by atoms with E-state index in [-0.39, 0.29) is 13.4 Å². The second-order valence-electron chi connectivity index (χ2n) is 5.54. The van der Waals surface area contributed by atoms with Crippen LogP contribution in [0.5, 0.6) is 11.5 Å². The first-order valence-electron chi connectivity index (χ1n) is 8.02. The average molecular weight is 349 g/mol. The molecule has 2 heterocycles. The van der Waals surface area contributed by atoms with Gasteiger partial charge in [0.25, 0.3) is 0 Å². The van der Waals surface area contributed by atoms with Gasteiger partial charge in [0, 0.05) is 11.6 Å². The van der Waals surface area contributed by atoms with Crippen molar-refractivity contribution in [2.24, 2.45) is 0 Å². The Morgan fingerprint density at radius 3 is 2.85 bits per heavy atom. The van der Waals surface area contributed by atoms with Gasteiger partial charge in [-0.25, -0.2) is 9.78 Å². The SMILES string of the molecule is O=C(C=Cc1ccc2c(c1)OCO2)OCc1ncc(-c2ccccc2)o1. The summed E-state index contributed by atoms with van der Waals surface area (Å²) in [6.07, 6.45) is 4.61. The number of aromatic nitrogens is 1. The first-order chi connectivity index (χ1) is 12.8. The maximum atomic E-state index is 11.9. The van der Waals surface area contributed by atoms with Crippen molar-refractivity contribution in [2.45, 2.75) is 6.61 Å². The molecule has 0 spiro atoms. The minimum Gasteiger partial charge on any atom is -0.454 e. The standard InChI is InChI=1S/C20H15NO5/c22-20(9-7-14-6-8-16-17(10-14)25-13-24-16)23-12-19-21-11-18(26-19)15-4-2-1-3-5-15/h1-11H,12-13H2. The summed E-state index contributed by atoms with van der Waals surface area (Å²) in [6.45, 7) is 0.183. The number of carbonyl (C=O) groups is 1. The Balaban J connectivity index is 1.33. The van der Waals surface area contributed by atoms with E-state index in [4.69, 9.17) is 18.6 Å². The quantitative estimate of drug-likeness (QED) is 0.515. The van der Waals surface area contributed by atoms with E-state index in [1.165, 1.54) is 6.08 Å². The van der Waals surface area contributed by atoms with Gasteiger partial charge in [-0.1, -0.05) is 36.4 Å². The molecule has 1 aliphatic heterocycles. The van der Waals surface area contributed by atoms with E-state index in [2.05, 4.69) is 4.98 Å². The second kappa shape index (κ2) is 7.14. The topological polar surface area (TPSA) is 70.8 Å². The lowest BCUT2D eigenvalue weighted by molar-refractivity contribution is -0.139. The average Bonchev–Trinajstić information content (AvgIpc) is 3.34. The second-order valence-corrected chi connectivity index (χ2v) is 5.54. The Labute approximate surface area is 149 Å². The van der Waals surface area contributed by atoms with Crippen molar-refractivity contribution >= 4 is 12.0 Å². The van der Waals surface area contributed by atoms with Gasteiger partial charge in [0.05, 0.1) is 6.20 Å². The summed E-state index contributed by atoms with van der Waals surface area (Å²) in [5, 5.41) is 0. The lowest BCUT2D eigenvalue weighted by Gasteiger charge is -1.99. The zero-order chi connectivity index (χ0) is 17.8. The van der Waals surface area contributed by atoms with Crippen LogP contribution in [0, 0.1) is 0 Å². The van der Waals surface area contributed by atoms with Crippen molar-refractivity contribution in [3.8, 4) is 22.8 Å². The van der Waals surface area contributed by atoms with Gasteiger partial charge in [-0.15, -0.1) is 0 Å². The third-order valence-corrected chi connectivity index (χ3v) is 3.76. The van der Waals surface area contributed by atoms with Crippen molar-refractivity contribution in [1.29, 1.82) is 0 Å². The molecule has 0 saturated carbocycles. The zero-order valence-corrected chi connectivity index (χ0v) is 13.8. The van der Waals surface area contributed by atoms with Crippen LogP contribution in [0.15, 0.2) is 65.2 Å². The van der Waals surface area contributed by atoms with Gasteiger partial charge in [-0.05, 0) is 23.8 Å². The highest BCUT2D eigenvalue weighted by Crippen LogP contribution is 2.32. The van der Waals surface area contributed by atoms with Gasteiger partial charge in [0.15, 0.2) is 23.9 Å². The van der Waals surface area contributed by atoms with E-state index in [0.29, 0.717) is 23.1 Å². The summed E-state index contributed by atoms with van der Waals surface area (Å²) in [7, 11) is 0. The summed E-state index contributed by atoms with van der Waals surface area (Å²) >= 11 is 0. The smallest absolute Gasteiger partial charge is 0.331 e. The molecule has 0 amide bonds. The molecule has 1 aromatic heterocycles. The highest BCUT2D eigenvalue weighted by Gasteiger charge is 2.12. The van der Waals surface area contributed by atoms with E-state index in [1.54, 1.807) is 24.4 Å². The highest BCUT2D eigenvalue weighted by atomic mass is 16.7. The van der Waals surface area contributed by atoms with Crippen LogP contribution in [0.1, 0.15) is 11.5 Å². The molecule has 2 aromatic carbocycles. The van der Waals surface area contributed by atoms with Crippen molar-refractivity contribution in [2.75, 3.05) is 6.79 Å². The zero-order valence-electron chi connectivity index (χ0n) is 13.8. The highest BCUT2D eigenvalue weighted by molar-refractivity contribution is 5.87. The number of oxazole rings is 1. The number of carbonyl (C=O) groups excluding carboxylic acids is 1. The summed E-state index contributed by atoms with van der Waals surface area (Å²) in [4.78, 5) is 16.0. The summed E-state index contributed by atoms with van der Waals surface area (Å²) in [5.74, 6) is 1.85. The van der Waals surface area contributed by atoms with E-state index < -0.39 is 5.97 Å². The molecule has 0 bridgehead atoms. The lowest BCUT2D eigenvalue weighted by Crippen LogP contribution is -2.00. The molecule has 130 valence electrons. The number of rotatable bonds is 5. The molecule has 0 unspecified atom stereocenters. The Morgan fingerprint density at radius 1 is 1.12 bits per heavy atom. The molecule has 0 saturated heterocycles. The molecule has 0 fully saturated rings. The van der Waals surface area contributed by atoms with Gasteiger partial charge >= 0.3 is 5.97 Å². The van der Waals surface area contributed by atoms with Crippen LogP contribution in [0.3, 0.4) is 0 Å². The molecule has 0 radical (unpaired) electrons. The molecule has 1 aliphatic rings. The van der Waals surface area contributed by atoms with E-state index in [0.717, 1.165) is 11.1 Å². The minimum atomic E-state index is -0.484. The maximum Gasteiger partial charge on any atom is 0.331 e. The van der Waals surface area contributed by atoms with Crippen LogP contribution in [-0.2, 0) is 16.1 Å². The number of nitrogens with zero attached hydrogens (tertiary/aromatic N) is 1. The fourth-order valence-electron chi connectivity index (χ4n) is 2.47. The molecular weight excluding hydrogens is 334 g/mol. The Morgan fingerprint density at radius 2 is 1.96 bits per heavy atom. The number of benzene rings is 2. The number of fused-ring (bicyclic) bond motifs is 1. The number of ether oxygens (including phenoxy) is 3. The predicted octanol–water partition coefficient (Wildman–Crippen LogP) is 3.83. The molecule has 6 heteroatoms. The summed E-state index contributed by atoms with van der Waals surface area (Å²) < 4.78 is 21.3. The monoisotopic (exact) mass is 349 g/mol. The number of hydrogen-bond donors (Lipinski definition) is 0. The van der Waals surface area contributed by atoms with Crippen LogP contribution in [0.2, 0.25) is 0 Å². The molecule has 0 aliphatic carbocycles. The third kappa shape index (κ3) is 3.59. The van der Waals surface area contributed by atoms with Crippen molar-refractivity contribution in [3.05, 3.63) is 72.3 Å². The van der Waals surface area contributed by atoms with Gasteiger partial charge in [0.1, 0.15) is 0 Å². The van der Waals surface area contributed by atoms with Gasteiger partial charge in [-0.2, -0.15) is 0 Å². The first kappa shape index (κ1) is 16.0. The van der Waals surface area contributed by atoms with Crippen LogP contribution in [0.4, 0.5) is 0 Å². The van der Waals surface area contributed by atoms with Gasteiger partial charge in [-0.3, -0.25) is 0 Å². The molecule has 26 heavy (non-hydrogen) atoms. The van der Waals surface area contributed by atoms with Crippen LogP contribution < -0.4 is 9.47 Å². The van der Waals surface area contributed by atoms with E-state index >= 15 is 0 Å². The largest absolute Gasteiger partial charge is 0.454 e. The van der Waals surface area contributed by atoms with Crippen LogP contribution in [-0.4, -0.2) is 17.7 Å². The number of hydrogen-bond acceptors (Lipinski definition) is 6. The Bertz CT molecular complexity index is 946. The van der Waals surface area contributed by atoms with E-state index in [1.807, 2.05) is 36.4 Å². The van der Waals surface area contributed by atoms with Crippen molar-refractivity contribution in [1.82, 2.24) is 4.98 Å². The summed E-state index contributed by atoms with van der Waals surface area (Å²) in [6, 6.07) is 15.0. The fraction of sp³-hybridized carbons (Fsp3) is 0.100. The predicted molar refractivity (Wildman–Crippen MR) is 93.3 cm³/mol. The van der Waals surface area contributed by atoms with Crippen molar-refractivity contribution < 1.29 is 23.4 Å². The van der Waals surface area contributed by atoms with E-state index in [9.17, 15) is 4.79 Å². The lowest BCUT2D eigenvalue weighted by atomic mass is 10.2. The van der Waals surface area contributed by atoms with Crippen molar-refractivity contribution in [3.63, 3.8) is 0 Å². The normalized spacial score (nSPS) is 12.5.